The number of hydrogen-bond donors (Lipinski definition) is 2. The first-order chi connectivity index (χ1) is 7.61. The predicted molar refractivity (Wildman–Crippen MR) is 54.4 cm³/mol. The molecule has 0 aromatic carbocycles. The first-order valence-corrected chi connectivity index (χ1v) is 6.74. The molecule has 0 saturated carbocycles. The molecule has 1 aromatic heterocycles. The van der Waals surface area contributed by atoms with Crippen LogP contribution in [0.2, 0.25) is 5.32 Å². The second-order valence-electron chi connectivity index (χ2n) is 3.20. The van der Waals surface area contributed by atoms with Crippen LogP contribution in [0.15, 0.2) is 11.0 Å². The van der Waals surface area contributed by atoms with E-state index in [1.807, 2.05) is 0 Å². The summed E-state index contributed by atoms with van der Waals surface area (Å²) in [5, 5.41) is 9.25. The van der Waals surface area contributed by atoms with E-state index in [2.05, 4.69) is 4.98 Å². The first kappa shape index (κ1) is 11.5. The summed E-state index contributed by atoms with van der Waals surface area (Å²) >= 11 is 0.0801. The van der Waals surface area contributed by atoms with Gasteiger partial charge < -0.3 is 0 Å². The zero-order valence-electron chi connectivity index (χ0n) is 8.17. The van der Waals surface area contributed by atoms with Gasteiger partial charge in [0.2, 0.25) is 0 Å². The number of aliphatic hydroxyl groups excluding tert-OH is 1. The molecule has 2 rings (SSSR count). The molecule has 1 aliphatic rings. The molecule has 0 radical (unpaired) electrons. The van der Waals surface area contributed by atoms with Crippen molar-refractivity contribution >= 4 is 20.8 Å². The average Bonchev–Trinajstić information content (AvgIpc) is 2.71. The molecule has 1 aromatic rings. The van der Waals surface area contributed by atoms with E-state index in [0.717, 1.165) is 10.8 Å². The van der Waals surface area contributed by atoms with Crippen LogP contribution in [0, 0.1) is 5.82 Å². The maximum atomic E-state index is 13.1. The number of rotatable bonds is 2. The van der Waals surface area contributed by atoms with Crippen LogP contribution in [0.3, 0.4) is 0 Å². The summed E-state index contributed by atoms with van der Waals surface area (Å²) in [5.74, 6) is -1.16. The Kier molecular flexibility index (Phi) is 3.25. The number of aromatic nitrogens is 2. The van der Waals surface area contributed by atoms with Gasteiger partial charge in [0.05, 0.1) is 0 Å². The van der Waals surface area contributed by atoms with E-state index in [-0.39, 0.29) is 26.6 Å². The third kappa shape index (κ3) is 2.10. The third-order valence-electron chi connectivity index (χ3n) is 2.13. The molecule has 1 saturated heterocycles. The van der Waals surface area contributed by atoms with E-state index in [9.17, 15) is 9.18 Å². The summed E-state index contributed by atoms with van der Waals surface area (Å²) in [6.07, 6.45) is 0.442. The molecule has 3 N–H and O–H groups in total. The minimum atomic E-state index is -0.747. The second kappa shape index (κ2) is 4.50. The monoisotopic (exact) mass is 295 g/mol. The van der Waals surface area contributed by atoms with Gasteiger partial charge in [-0.15, -0.1) is 0 Å². The molecule has 1 fully saturated rings. The van der Waals surface area contributed by atoms with Gasteiger partial charge in [0.25, 0.3) is 0 Å². The third-order valence-corrected chi connectivity index (χ3v) is 4.45. The van der Waals surface area contributed by atoms with E-state index in [1.165, 1.54) is 0 Å². The Morgan fingerprint density at radius 1 is 1.81 bits per heavy atom. The summed E-state index contributed by atoms with van der Waals surface area (Å²) in [5.41, 5.74) is 4.52. The average molecular weight is 294 g/mol. The number of halogens is 1. The molecule has 16 heavy (non-hydrogen) atoms. The maximum absolute atomic E-state index is 13.1. The van der Waals surface area contributed by atoms with Gasteiger partial charge in [0.15, 0.2) is 0 Å². The van der Waals surface area contributed by atoms with E-state index in [4.69, 9.17) is 15.6 Å². The van der Waals surface area contributed by atoms with Crippen LogP contribution in [0.5, 0.6) is 0 Å². The molecule has 2 atom stereocenters. The van der Waals surface area contributed by atoms with Crippen molar-refractivity contribution < 1.29 is 14.2 Å². The number of hydrogen-bond acceptors (Lipinski definition) is 5. The fourth-order valence-electron chi connectivity index (χ4n) is 1.35. The Morgan fingerprint density at radius 2 is 2.56 bits per heavy atom. The van der Waals surface area contributed by atoms with Crippen LogP contribution in [0.25, 0.3) is 0 Å². The summed E-state index contributed by atoms with van der Waals surface area (Å²) in [6, 6.07) is 0. The van der Waals surface area contributed by atoms with Gasteiger partial charge in [0, 0.05) is 0 Å². The quantitative estimate of drug-likeness (QED) is 0.678. The molecule has 6 nitrogen and oxygen atoms in total. The SMILES string of the molecule is Nc1nc(=O)n([C@@H]2C[Se][C@@H](CO)O2)cc1F. The van der Waals surface area contributed by atoms with E-state index in [1.54, 1.807) is 0 Å². The fourth-order valence-corrected chi connectivity index (χ4v) is 3.30. The first-order valence-electron chi connectivity index (χ1n) is 4.54. The molecule has 8 heteroatoms. The summed E-state index contributed by atoms with van der Waals surface area (Å²) in [6.45, 7) is -0.0872. The predicted octanol–water partition coefficient (Wildman–Crippen LogP) is -1.07. The number of ether oxygens (including phenoxy) is 1. The molecule has 2 heterocycles. The molecule has 0 amide bonds. The summed E-state index contributed by atoms with van der Waals surface area (Å²) in [4.78, 5) is 14.8. The molecule has 0 bridgehead atoms. The van der Waals surface area contributed by atoms with Crippen molar-refractivity contribution in [1.29, 1.82) is 0 Å². The van der Waals surface area contributed by atoms with Crippen LogP contribution >= 0.6 is 0 Å². The Hall–Kier alpha value is -0.951. The number of anilines is 1. The van der Waals surface area contributed by atoms with Crippen molar-refractivity contribution in [3.63, 3.8) is 0 Å². The standard InChI is InChI=1S/C8H10FN3O3Se/c9-4-1-12(8(14)11-7(4)10)5-3-16-6(2-13)15-5/h1,5-6,13H,2-3H2,(H2,10,11,14)/t5-,6-/m0/s1. The molecular formula is C8H10FN3O3Se. The zero-order chi connectivity index (χ0) is 11.7. The Bertz CT molecular complexity index is 453. The number of nitrogens with zero attached hydrogens (tertiary/aromatic N) is 2. The van der Waals surface area contributed by atoms with Crippen LogP contribution < -0.4 is 11.4 Å². The van der Waals surface area contributed by atoms with E-state index >= 15 is 0 Å². The second-order valence-corrected chi connectivity index (χ2v) is 5.70. The van der Waals surface area contributed by atoms with Crippen LogP contribution in [-0.4, -0.2) is 41.2 Å². The molecule has 0 unspecified atom stereocenters. The molecule has 88 valence electrons. The van der Waals surface area contributed by atoms with Crippen molar-refractivity contribution in [2.75, 3.05) is 12.3 Å². The van der Waals surface area contributed by atoms with Gasteiger partial charge >= 0.3 is 95.9 Å². The van der Waals surface area contributed by atoms with E-state index < -0.39 is 23.6 Å². The Labute approximate surface area is 96.4 Å². The Balaban J connectivity index is 2.28. The minimum absolute atomic E-state index is 0.0801. The van der Waals surface area contributed by atoms with Gasteiger partial charge in [-0.25, -0.2) is 0 Å². The van der Waals surface area contributed by atoms with Crippen molar-refractivity contribution in [3.05, 3.63) is 22.5 Å². The van der Waals surface area contributed by atoms with Crippen LogP contribution in [-0.2, 0) is 4.74 Å². The van der Waals surface area contributed by atoms with E-state index in [0.29, 0.717) is 5.32 Å². The van der Waals surface area contributed by atoms with Gasteiger partial charge in [-0.1, -0.05) is 0 Å². The number of nitrogen functional groups attached to an aromatic ring is 1. The molecule has 1 aliphatic heterocycles. The van der Waals surface area contributed by atoms with Gasteiger partial charge in [-0.2, -0.15) is 0 Å². The summed E-state index contributed by atoms with van der Waals surface area (Å²) in [7, 11) is 0. The van der Waals surface area contributed by atoms with Gasteiger partial charge in [-0.3, -0.25) is 0 Å². The van der Waals surface area contributed by atoms with Crippen molar-refractivity contribution in [3.8, 4) is 0 Å². The summed E-state index contributed by atoms with van der Waals surface area (Å²) < 4.78 is 19.6. The van der Waals surface area contributed by atoms with Crippen LogP contribution in [0.1, 0.15) is 6.23 Å². The molecule has 0 aliphatic carbocycles. The number of nitrogens with two attached hydrogens (primary N) is 1. The Morgan fingerprint density at radius 3 is 3.19 bits per heavy atom. The van der Waals surface area contributed by atoms with Crippen molar-refractivity contribution in [1.82, 2.24) is 9.55 Å². The van der Waals surface area contributed by atoms with Gasteiger partial charge in [-0.05, 0) is 0 Å². The topological polar surface area (TPSA) is 90.4 Å². The van der Waals surface area contributed by atoms with Crippen molar-refractivity contribution in [2.24, 2.45) is 0 Å². The molecular weight excluding hydrogens is 284 g/mol. The number of aliphatic hydroxyl groups is 1. The van der Waals surface area contributed by atoms with Gasteiger partial charge in [0.1, 0.15) is 0 Å². The van der Waals surface area contributed by atoms with Crippen LogP contribution in [0.4, 0.5) is 10.2 Å². The molecule has 0 spiro atoms. The fraction of sp³-hybridized carbons (Fsp3) is 0.500. The van der Waals surface area contributed by atoms with Crippen molar-refractivity contribution in [2.45, 2.75) is 16.5 Å². The zero-order valence-corrected chi connectivity index (χ0v) is 9.88. The normalized spacial score (nSPS) is 24.9.